The molecule has 0 aliphatic rings. The summed E-state index contributed by atoms with van der Waals surface area (Å²) in [5, 5.41) is 4.73. The van der Waals surface area contributed by atoms with E-state index in [1.165, 1.54) is 21.9 Å². The molecule has 6 heteroatoms. The van der Waals surface area contributed by atoms with Gasteiger partial charge in [0.15, 0.2) is 4.96 Å². The SMILES string of the molecule is CC(C)C(NC(=O)c1cnc2sccn2c1=O)c1ccccc1. The highest BCUT2D eigenvalue weighted by atomic mass is 32.1. The standard InChI is InChI=1S/C17H17N3O2S/c1-11(2)14(12-6-4-3-5-7-12)19-15(21)13-10-18-17-20(16(13)22)8-9-23-17/h3-11,14H,1-2H3,(H,19,21). The molecule has 1 atom stereocenters. The van der Waals surface area contributed by atoms with Crippen molar-refractivity contribution in [1.29, 1.82) is 0 Å². The largest absolute Gasteiger partial charge is 0.345 e. The molecule has 0 fully saturated rings. The number of amides is 1. The number of fused-ring (bicyclic) bond motifs is 1. The van der Waals surface area contributed by atoms with Crippen molar-refractivity contribution in [3.05, 3.63) is 69.6 Å². The molecule has 5 nitrogen and oxygen atoms in total. The summed E-state index contributed by atoms with van der Waals surface area (Å²) in [4.78, 5) is 29.7. The van der Waals surface area contributed by atoms with Gasteiger partial charge in [0.05, 0.1) is 6.04 Å². The Kier molecular flexibility index (Phi) is 4.25. The number of thiazole rings is 1. The van der Waals surface area contributed by atoms with Gasteiger partial charge < -0.3 is 5.32 Å². The minimum Gasteiger partial charge on any atom is -0.345 e. The lowest BCUT2D eigenvalue weighted by Gasteiger charge is -2.22. The number of carbonyl (C=O) groups excluding carboxylic acids is 1. The second kappa shape index (κ2) is 6.34. The van der Waals surface area contributed by atoms with Crippen molar-refractivity contribution in [3.8, 4) is 0 Å². The number of rotatable bonds is 4. The predicted molar refractivity (Wildman–Crippen MR) is 90.8 cm³/mol. The lowest BCUT2D eigenvalue weighted by molar-refractivity contribution is 0.0923. The molecule has 1 amide bonds. The van der Waals surface area contributed by atoms with Crippen LogP contribution in [0.15, 0.2) is 52.9 Å². The van der Waals surface area contributed by atoms with Gasteiger partial charge in [0.2, 0.25) is 0 Å². The Morgan fingerprint density at radius 2 is 2.00 bits per heavy atom. The highest BCUT2D eigenvalue weighted by molar-refractivity contribution is 7.15. The van der Waals surface area contributed by atoms with Crippen molar-refractivity contribution in [1.82, 2.24) is 14.7 Å². The molecule has 0 radical (unpaired) electrons. The Morgan fingerprint density at radius 3 is 2.70 bits per heavy atom. The predicted octanol–water partition coefficient (Wildman–Crippen LogP) is 2.88. The van der Waals surface area contributed by atoms with Crippen molar-refractivity contribution in [2.75, 3.05) is 0 Å². The maximum Gasteiger partial charge on any atom is 0.271 e. The summed E-state index contributed by atoms with van der Waals surface area (Å²) in [6, 6.07) is 9.58. The summed E-state index contributed by atoms with van der Waals surface area (Å²) < 4.78 is 1.40. The molecule has 0 bridgehead atoms. The number of hydrogen-bond acceptors (Lipinski definition) is 4. The molecule has 2 aromatic heterocycles. The van der Waals surface area contributed by atoms with Crippen molar-refractivity contribution in [2.24, 2.45) is 5.92 Å². The monoisotopic (exact) mass is 327 g/mol. The number of hydrogen-bond donors (Lipinski definition) is 1. The van der Waals surface area contributed by atoms with Crippen LogP contribution in [-0.4, -0.2) is 15.3 Å². The molecular formula is C17H17N3O2S. The normalized spacial score (nSPS) is 12.5. The smallest absolute Gasteiger partial charge is 0.271 e. The van der Waals surface area contributed by atoms with Crippen LogP contribution in [0.3, 0.4) is 0 Å². The van der Waals surface area contributed by atoms with Gasteiger partial charge in [0.1, 0.15) is 5.56 Å². The first-order chi connectivity index (χ1) is 11.1. The van der Waals surface area contributed by atoms with Gasteiger partial charge in [-0.15, -0.1) is 11.3 Å². The van der Waals surface area contributed by atoms with E-state index in [2.05, 4.69) is 10.3 Å². The van der Waals surface area contributed by atoms with Gasteiger partial charge in [-0.05, 0) is 11.5 Å². The van der Waals surface area contributed by atoms with Crippen LogP contribution in [0.4, 0.5) is 0 Å². The molecule has 0 spiro atoms. The summed E-state index contributed by atoms with van der Waals surface area (Å²) in [5.41, 5.74) is 0.729. The van der Waals surface area contributed by atoms with Crippen molar-refractivity contribution >= 4 is 22.2 Å². The molecule has 118 valence electrons. The molecule has 1 unspecified atom stereocenters. The fourth-order valence-corrected chi connectivity index (χ4v) is 3.17. The second-order valence-electron chi connectivity index (χ2n) is 5.64. The average Bonchev–Trinajstić information content (AvgIpc) is 3.03. The second-order valence-corrected chi connectivity index (χ2v) is 6.51. The lowest BCUT2D eigenvalue weighted by Crippen LogP contribution is -2.35. The fraction of sp³-hybridized carbons (Fsp3) is 0.235. The van der Waals surface area contributed by atoms with Crippen LogP contribution in [-0.2, 0) is 0 Å². The number of nitrogens with zero attached hydrogens (tertiary/aromatic N) is 2. The maximum absolute atomic E-state index is 12.6. The fourth-order valence-electron chi connectivity index (χ4n) is 2.49. The number of nitrogens with one attached hydrogen (secondary N) is 1. The highest BCUT2D eigenvalue weighted by Crippen LogP contribution is 2.21. The summed E-state index contributed by atoms with van der Waals surface area (Å²) in [7, 11) is 0. The van der Waals surface area contributed by atoms with E-state index in [4.69, 9.17) is 0 Å². The molecular weight excluding hydrogens is 310 g/mol. The van der Waals surface area contributed by atoms with Crippen LogP contribution in [0.2, 0.25) is 0 Å². The molecule has 23 heavy (non-hydrogen) atoms. The molecule has 0 aliphatic carbocycles. The van der Waals surface area contributed by atoms with Gasteiger partial charge in [-0.2, -0.15) is 0 Å². The molecule has 3 rings (SSSR count). The van der Waals surface area contributed by atoms with E-state index in [0.717, 1.165) is 5.56 Å². The van der Waals surface area contributed by atoms with Gasteiger partial charge >= 0.3 is 0 Å². The van der Waals surface area contributed by atoms with E-state index in [1.807, 2.05) is 44.2 Å². The van der Waals surface area contributed by atoms with E-state index >= 15 is 0 Å². The van der Waals surface area contributed by atoms with Crippen molar-refractivity contribution in [2.45, 2.75) is 19.9 Å². The summed E-state index contributed by atoms with van der Waals surface area (Å²) >= 11 is 1.36. The van der Waals surface area contributed by atoms with Gasteiger partial charge in [-0.3, -0.25) is 14.0 Å². The molecule has 0 aliphatic heterocycles. The van der Waals surface area contributed by atoms with Crippen LogP contribution in [0.25, 0.3) is 4.96 Å². The molecule has 1 aromatic carbocycles. The van der Waals surface area contributed by atoms with Crippen molar-refractivity contribution < 1.29 is 4.79 Å². The first-order valence-corrected chi connectivity index (χ1v) is 8.26. The number of carbonyl (C=O) groups is 1. The molecule has 2 heterocycles. The first kappa shape index (κ1) is 15.4. The Bertz CT molecular complexity index is 883. The zero-order valence-corrected chi connectivity index (χ0v) is 13.7. The van der Waals surface area contributed by atoms with Crippen LogP contribution >= 0.6 is 11.3 Å². The van der Waals surface area contributed by atoms with Gasteiger partial charge in [-0.1, -0.05) is 44.2 Å². The third kappa shape index (κ3) is 3.03. The minimum absolute atomic E-state index is 0.0579. The van der Waals surface area contributed by atoms with Crippen LogP contribution in [0, 0.1) is 5.92 Å². The van der Waals surface area contributed by atoms with Crippen molar-refractivity contribution in [3.63, 3.8) is 0 Å². The highest BCUT2D eigenvalue weighted by Gasteiger charge is 2.21. The zero-order valence-electron chi connectivity index (χ0n) is 12.9. The Balaban J connectivity index is 1.92. The summed E-state index contributed by atoms with van der Waals surface area (Å²) in [6.07, 6.45) is 2.98. The maximum atomic E-state index is 12.6. The van der Waals surface area contributed by atoms with Gasteiger partial charge in [0, 0.05) is 17.8 Å². The molecule has 1 N–H and O–H groups in total. The zero-order chi connectivity index (χ0) is 16.4. The molecule has 3 aromatic rings. The molecule has 0 saturated heterocycles. The van der Waals surface area contributed by atoms with E-state index < -0.39 is 5.91 Å². The Hall–Kier alpha value is -2.47. The third-order valence-electron chi connectivity index (χ3n) is 3.70. The van der Waals surface area contributed by atoms with Gasteiger partial charge in [0.25, 0.3) is 11.5 Å². The van der Waals surface area contributed by atoms with Crippen LogP contribution in [0.5, 0.6) is 0 Å². The molecule has 0 saturated carbocycles. The quantitative estimate of drug-likeness (QED) is 0.801. The third-order valence-corrected chi connectivity index (χ3v) is 4.47. The topological polar surface area (TPSA) is 63.5 Å². The Labute approximate surface area is 137 Å². The number of benzene rings is 1. The van der Waals surface area contributed by atoms with E-state index in [9.17, 15) is 9.59 Å². The minimum atomic E-state index is -0.398. The first-order valence-electron chi connectivity index (χ1n) is 7.38. The summed E-state index contributed by atoms with van der Waals surface area (Å²) in [5.74, 6) is -0.201. The van der Waals surface area contributed by atoms with Crippen LogP contribution in [0.1, 0.15) is 35.8 Å². The van der Waals surface area contributed by atoms with E-state index in [0.29, 0.717) is 4.96 Å². The van der Waals surface area contributed by atoms with E-state index in [-0.39, 0.29) is 23.1 Å². The lowest BCUT2D eigenvalue weighted by atomic mass is 9.96. The van der Waals surface area contributed by atoms with E-state index in [1.54, 1.807) is 11.6 Å². The number of aromatic nitrogens is 2. The van der Waals surface area contributed by atoms with Crippen LogP contribution < -0.4 is 10.9 Å². The van der Waals surface area contributed by atoms with Gasteiger partial charge in [-0.25, -0.2) is 4.98 Å². The average molecular weight is 327 g/mol. The summed E-state index contributed by atoms with van der Waals surface area (Å²) in [6.45, 7) is 4.07. The Morgan fingerprint density at radius 1 is 1.26 bits per heavy atom.